The first-order valence-corrected chi connectivity index (χ1v) is 51.3. The van der Waals surface area contributed by atoms with Gasteiger partial charge in [0, 0.05) is 61.3 Å². The van der Waals surface area contributed by atoms with Crippen LogP contribution >= 0.6 is 25.5 Å². The lowest BCUT2D eigenvalue weighted by Gasteiger charge is -2.35. The van der Waals surface area contributed by atoms with Crippen LogP contribution in [0, 0.1) is 0 Å². The monoisotopic (exact) mass is 2000 g/mol. The molecule has 0 saturated carbocycles. The number of halogens is 2. The van der Waals surface area contributed by atoms with Crippen LogP contribution in [0.2, 0.25) is 0 Å². The van der Waals surface area contributed by atoms with E-state index >= 15 is 0 Å². The number of hydrogen-bond acceptors (Lipinski definition) is 4. The fourth-order valence-electron chi connectivity index (χ4n) is 22.3. The van der Waals surface area contributed by atoms with E-state index in [0.29, 0.717) is 0 Å². The van der Waals surface area contributed by atoms with Gasteiger partial charge in [0.25, 0.3) is 0 Å². The second-order valence-corrected chi connectivity index (χ2v) is 38.3. The third kappa shape index (κ3) is 18.7. The molecule has 4 atom stereocenters. The normalized spacial score (nSPS) is 14.2. The molecule has 0 radical (unpaired) electrons. The molecule has 4 unspecified atom stereocenters. The predicted octanol–water partition coefficient (Wildman–Crippen LogP) is 39.3. The number of benzene rings is 22. The summed E-state index contributed by atoms with van der Waals surface area (Å²) in [6.07, 6.45) is 5.74. The van der Waals surface area contributed by atoms with Crippen LogP contribution in [0.4, 0.5) is 61.1 Å². The Kier molecular flexibility index (Phi) is 28.4. The van der Waals surface area contributed by atoms with Crippen molar-refractivity contribution in [3.05, 3.63) is 666 Å². The van der Waals surface area contributed by atoms with E-state index in [4.69, 9.17) is 0 Å². The minimum atomic E-state index is -0.583. The average molecular weight is 2000 g/mol. The van der Waals surface area contributed by atoms with Crippen LogP contribution < -0.4 is 20.4 Å². The van der Waals surface area contributed by atoms with Gasteiger partial charge < -0.3 is 20.4 Å². The van der Waals surface area contributed by atoms with Crippen LogP contribution in [0.3, 0.4) is 0 Å². The Morgan fingerprint density at radius 2 is 0.396 bits per heavy atom. The molecule has 3 aliphatic carbocycles. The molecule has 25 rings (SSSR count). The standard InChI is InChI=1S/C90H64N2.C27H19Br.C24H20N2.CH4.FH2P/c1-3-63-33-45-73(46-34-63)89(71-25-13-7-14-26-71)85-31-19-17-29-81(85)83-59-57-79(61-87(83)89)91(75-49-37-67(38-50-75)65-21-9-5-10-22-65)77-53-41-69(42-54-77)70-43-55-78(56-44-70)92(76-51-39-68(40-52-76)66-23-11-6-12-24-66)80-58-60-84-82-30-18-20-32-86(82)90(88(84)62-80,72-27-15-8-16-28-72)74-47-35-64(4-2)36-48-74;1-2-19-12-14-21(15-13-19)27(20-8-4-3-5-9-20)25-11-7-6-10-23(25)24-17-16-22(28)18-26(24)27;1-3-7-21(8-4-1)25-23-15-11-19(12-16-23)20-13-17-24(18-14-20)26-22-9-5-2-6-10-22;;1-2/h3-62H,1-2H2;2-18H,1H2;1-18,25-26H;1H4;2H2. The Morgan fingerprint density at radius 3 is 0.671 bits per heavy atom. The molecule has 716 valence electrons. The fraction of sp³-hybridized carbons (Fsp3) is 0.0282. The molecular weight excluding hydrogens is 1890 g/mol. The lowest BCUT2D eigenvalue weighted by molar-refractivity contribution is 0.768. The zero-order chi connectivity index (χ0) is 100. The summed E-state index contributed by atoms with van der Waals surface area (Å²) in [6.45, 7) is 12.1. The SMILES string of the molecule is C.C=Cc1ccc(C2(c3ccccc3)c3ccccc3-c3ccc(Br)cc32)cc1.C=Cc1ccc(C2(c3ccccc3)c3ccccc3-c3ccc(N(c4ccc(-c5ccccc5)cc4)c4ccc(-c5ccc(N(c6ccc(-c7ccccc7)cc6)c6ccc7c(c6)C(c6ccccc6)(c6ccc(C=C)cc6)c6ccccc6-7)cc5)cc4)cc32)cc1.FP.c1ccc(Nc2ccc(-c3ccc(Nc4ccccc4)cc3)cc2)cc1. The second-order valence-electron chi connectivity index (χ2n) is 37.3. The lowest BCUT2D eigenvalue weighted by atomic mass is 9.67. The molecule has 0 aliphatic heterocycles. The van der Waals surface area contributed by atoms with Crippen molar-refractivity contribution in [1.29, 1.82) is 0 Å². The molecule has 0 saturated heterocycles. The van der Waals surface area contributed by atoms with Gasteiger partial charge in [0.2, 0.25) is 0 Å². The molecule has 0 bridgehead atoms. The number of para-hydroxylation sites is 2. The van der Waals surface area contributed by atoms with Gasteiger partial charge in [-0.25, -0.2) is 4.20 Å². The molecule has 2 N–H and O–H groups in total. The summed E-state index contributed by atoms with van der Waals surface area (Å²) >= 11 is 3.72. The number of nitrogens with zero attached hydrogens (tertiary/aromatic N) is 2. The largest absolute Gasteiger partial charge is 0.356 e. The van der Waals surface area contributed by atoms with Gasteiger partial charge in [0.1, 0.15) is 0 Å². The van der Waals surface area contributed by atoms with Crippen LogP contribution in [0.25, 0.3) is 96.1 Å². The number of fused-ring (bicyclic) bond motifs is 9. The van der Waals surface area contributed by atoms with Gasteiger partial charge >= 0.3 is 0 Å². The number of hydrogen-bond donors (Lipinski definition) is 2. The van der Waals surface area contributed by atoms with Crippen LogP contribution in [0.15, 0.2) is 582 Å². The quantitative estimate of drug-likeness (QED) is 0.0625. The van der Waals surface area contributed by atoms with E-state index in [1.165, 1.54) is 134 Å². The molecule has 0 heterocycles. The summed E-state index contributed by atoms with van der Waals surface area (Å²) in [5, 5.41) is 6.82. The van der Waals surface area contributed by atoms with Crippen molar-refractivity contribution >= 4 is 101 Å². The van der Waals surface area contributed by atoms with Crippen molar-refractivity contribution in [2.75, 3.05) is 20.4 Å². The molecule has 0 amide bonds. The zero-order valence-electron chi connectivity index (χ0n) is 81.7. The van der Waals surface area contributed by atoms with E-state index in [1.54, 1.807) is 0 Å². The van der Waals surface area contributed by atoms with E-state index in [-0.39, 0.29) is 12.8 Å². The highest BCUT2D eigenvalue weighted by Gasteiger charge is 2.50. The Labute approximate surface area is 885 Å². The van der Waals surface area contributed by atoms with Gasteiger partial charge in [-0.2, -0.15) is 0 Å². The maximum atomic E-state index is 9.42. The molecule has 0 fully saturated rings. The third-order valence-corrected chi connectivity index (χ3v) is 29.7. The Hall–Kier alpha value is -17.9. The smallest absolute Gasteiger partial charge is 0.0714 e. The third-order valence-electron chi connectivity index (χ3n) is 29.2. The van der Waals surface area contributed by atoms with Gasteiger partial charge in [-0.15, -0.1) is 0 Å². The van der Waals surface area contributed by atoms with Gasteiger partial charge in [0.05, 0.1) is 25.8 Å². The number of rotatable bonds is 23. The molecule has 0 aromatic heterocycles. The first-order chi connectivity index (χ1) is 73.1. The minimum absolute atomic E-state index is 0. The van der Waals surface area contributed by atoms with Crippen molar-refractivity contribution in [3.8, 4) is 77.9 Å². The number of anilines is 10. The minimum Gasteiger partial charge on any atom is -0.356 e. The second kappa shape index (κ2) is 43.6. The van der Waals surface area contributed by atoms with Crippen molar-refractivity contribution in [1.82, 2.24) is 0 Å². The lowest BCUT2D eigenvalue weighted by Crippen LogP contribution is -2.28. The Morgan fingerprint density at radius 1 is 0.195 bits per heavy atom. The predicted molar refractivity (Wildman–Crippen MR) is 637 cm³/mol. The molecule has 149 heavy (non-hydrogen) atoms. The molecule has 22 aromatic carbocycles. The highest BCUT2D eigenvalue weighted by molar-refractivity contribution is 9.10. The number of nitrogens with one attached hydrogen (secondary N) is 2. The first kappa shape index (κ1) is 97.2. The summed E-state index contributed by atoms with van der Waals surface area (Å²) in [6, 6.07) is 202. The molecule has 3 aliphatic rings. The summed E-state index contributed by atoms with van der Waals surface area (Å²) in [4.78, 5) is 4.83. The van der Waals surface area contributed by atoms with Crippen molar-refractivity contribution in [3.63, 3.8) is 0 Å². The van der Waals surface area contributed by atoms with Crippen molar-refractivity contribution in [2.45, 2.75) is 23.7 Å². The van der Waals surface area contributed by atoms with Gasteiger partial charge in [0.15, 0.2) is 0 Å². The van der Waals surface area contributed by atoms with Crippen LogP contribution in [-0.4, -0.2) is 0 Å². The maximum absolute atomic E-state index is 9.42. The van der Waals surface area contributed by atoms with Crippen LogP contribution in [0.5, 0.6) is 0 Å². The van der Waals surface area contributed by atoms with E-state index < -0.39 is 10.8 Å². The van der Waals surface area contributed by atoms with Gasteiger partial charge in [-0.3, -0.25) is 0 Å². The van der Waals surface area contributed by atoms with Crippen molar-refractivity contribution < 1.29 is 4.20 Å². The summed E-state index contributed by atoms with van der Waals surface area (Å²) in [5.74, 6) is 0. The summed E-state index contributed by atoms with van der Waals surface area (Å²) in [7, 11) is 0.917. The summed E-state index contributed by atoms with van der Waals surface area (Å²) in [5.41, 5.74) is 44.6. The van der Waals surface area contributed by atoms with Crippen LogP contribution in [0.1, 0.15) is 90.9 Å². The van der Waals surface area contributed by atoms with Gasteiger partial charge in [-0.1, -0.05) is 486 Å². The Bertz CT molecular complexity index is 8040. The Balaban J connectivity index is 0.000000183. The molecule has 22 aromatic rings. The maximum Gasteiger partial charge on any atom is 0.0714 e. The molecule has 7 heteroatoms. The highest BCUT2D eigenvalue weighted by atomic mass is 79.9. The average Bonchev–Trinajstić information content (AvgIpc) is 1.55. The summed E-state index contributed by atoms with van der Waals surface area (Å²) < 4.78 is 10.5. The highest BCUT2D eigenvalue weighted by Crippen LogP contribution is 2.62. The molecule has 0 spiro atoms. The topological polar surface area (TPSA) is 30.5 Å². The zero-order valence-corrected chi connectivity index (χ0v) is 84.4. The van der Waals surface area contributed by atoms with E-state index in [2.05, 4.69) is 578 Å². The van der Waals surface area contributed by atoms with Crippen molar-refractivity contribution in [2.24, 2.45) is 0 Å². The van der Waals surface area contributed by atoms with Crippen LogP contribution in [-0.2, 0) is 16.2 Å². The fourth-order valence-corrected chi connectivity index (χ4v) is 22.7. The van der Waals surface area contributed by atoms with E-state index in [9.17, 15) is 4.20 Å². The van der Waals surface area contributed by atoms with E-state index in [1.807, 2.05) is 54.6 Å². The first-order valence-electron chi connectivity index (χ1n) is 50.1. The van der Waals surface area contributed by atoms with E-state index in [0.717, 1.165) is 98.7 Å². The molecule has 4 nitrogen and oxygen atoms in total. The van der Waals surface area contributed by atoms with Gasteiger partial charge in [-0.05, 0) is 295 Å². The molecular formula is C142H109BrFN4P.